The molecule has 0 atom stereocenters. The molecule has 0 spiro atoms. The van der Waals surface area contributed by atoms with Gasteiger partial charge in [0.05, 0.1) is 12.5 Å². The summed E-state index contributed by atoms with van der Waals surface area (Å²) in [4.78, 5) is 10.5. The lowest BCUT2D eigenvalue weighted by molar-refractivity contribution is -0.121. The third-order valence-corrected chi connectivity index (χ3v) is 1.03. The van der Waals surface area contributed by atoms with Gasteiger partial charge < -0.3 is 10.1 Å². The van der Waals surface area contributed by atoms with Crippen LogP contribution in [0.5, 0.6) is 0 Å². The van der Waals surface area contributed by atoms with Crippen LogP contribution < -0.4 is 5.32 Å². The van der Waals surface area contributed by atoms with E-state index < -0.39 is 0 Å². The number of nitrogens with one attached hydrogen (secondary N) is 1. The minimum Gasteiger partial charge on any atom is -0.371 e. The van der Waals surface area contributed by atoms with Gasteiger partial charge in [0.2, 0.25) is 5.91 Å². The number of ether oxygens (including phenoxy) is 1. The number of carbonyl (C=O) groups is 1. The summed E-state index contributed by atoms with van der Waals surface area (Å²) in [6.45, 7) is 0.448. The van der Waals surface area contributed by atoms with Crippen LogP contribution in [0.3, 0.4) is 0 Å². The van der Waals surface area contributed by atoms with Gasteiger partial charge in [0.1, 0.15) is 0 Å². The first-order valence-electron chi connectivity index (χ1n) is 2.70. The van der Waals surface area contributed by atoms with E-state index in [4.69, 9.17) is 4.74 Å². The smallest absolute Gasteiger partial charge is 0.222 e. The lowest BCUT2D eigenvalue weighted by atomic mass is 10.4. The fourth-order valence-corrected chi connectivity index (χ4v) is 0.484. The molecule has 54 valence electrons. The number of carbonyl (C=O) groups excluding carboxylic acids is 1. The Morgan fingerprint density at radius 3 is 2.89 bits per heavy atom. The van der Waals surface area contributed by atoms with Crippen LogP contribution in [0.2, 0.25) is 0 Å². The Balaban J connectivity index is 2.97. The Labute approximate surface area is 60.2 Å². The normalized spacial score (nSPS) is 9.11. The van der Waals surface area contributed by atoms with E-state index in [1.165, 1.54) is 0 Å². The molecule has 0 fully saturated rings. The molecule has 9 heavy (non-hydrogen) atoms. The first-order valence-corrected chi connectivity index (χ1v) is 3.33. The molecule has 0 rings (SSSR count). The molecule has 0 bridgehead atoms. The summed E-state index contributed by atoms with van der Waals surface area (Å²) in [5.41, 5.74) is 0. The van der Waals surface area contributed by atoms with Gasteiger partial charge >= 0.3 is 0 Å². The van der Waals surface area contributed by atoms with Gasteiger partial charge in [-0.2, -0.15) is 12.6 Å². The summed E-state index contributed by atoms with van der Waals surface area (Å²) < 4.78 is 4.81. The van der Waals surface area contributed by atoms with Crippen LogP contribution in [0.25, 0.3) is 0 Å². The fourth-order valence-electron chi connectivity index (χ4n) is 0.354. The number of thiol groups is 1. The fraction of sp³-hybridized carbons (Fsp3) is 0.800. The highest BCUT2D eigenvalue weighted by atomic mass is 32.1. The zero-order chi connectivity index (χ0) is 7.11. The van der Waals surface area contributed by atoms with Crippen molar-refractivity contribution in [3.8, 4) is 0 Å². The van der Waals surface area contributed by atoms with Crippen LogP contribution in [0.1, 0.15) is 6.42 Å². The number of amides is 1. The Kier molecular flexibility index (Phi) is 5.76. The van der Waals surface area contributed by atoms with Crippen LogP contribution in [-0.2, 0) is 9.53 Å². The maximum Gasteiger partial charge on any atom is 0.222 e. The largest absolute Gasteiger partial charge is 0.371 e. The van der Waals surface area contributed by atoms with E-state index in [1.807, 2.05) is 0 Å². The standard InChI is InChI=1S/C5H11NO2S/c1-6-5(7)2-3-8-4-9/h9H,2-4H2,1H3,(H,6,7). The van der Waals surface area contributed by atoms with Gasteiger partial charge in [0.15, 0.2) is 0 Å². The molecule has 0 aromatic rings. The number of rotatable bonds is 4. The minimum atomic E-state index is -0.00298. The molecule has 0 aliphatic carbocycles. The second kappa shape index (κ2) is 5.91. The quantitative estimate of drug-likeness (QED) is 0.336. The van der Waals surface area contributed by atoms with E-state index in [1.54, 1.807) is 7.05 Å². The van der Waals surface area contributed by atoms with E-state index in [-0.39, 0.29) is 5.91 Å². The van der Waals surface area contributed by atoms with Gasteiger partial charge in [0.25, 0.3) is 0 Å². The zero-order valence-electron chi connectivity index (χ0n) is 5.39. The summed E-state index contributed by atoms with van der Waals surface area (Å²) >= 11 is 3.80. The molecule has 0 aromatic carbocycles. The summed E-state index contributed by atoms with van der Waals surface area (Å²) in [6, 6.07) is 0. The van der Waals surface area contributed by atoms with Gasteiger partial charge in [-0.1, -0.05) is 0 Å². The van der Waals surface area contributed by atoms with Crippen molar-refractivity contribution in [2.45, 2.75) is 6.42 Å². The van der Waals surface area contributed by atoms with Gasteiger partial charge in [-0.05, 0) is 0 Å². The molecule has 0 heterocycles. The van der Waals surface area contributed by atoms with Crippen molar-refractivity contribution in [2.24, 2.45) is 0 Å². The lowest BCUT2D eigenvalue weighted by Gasteiger charge is -1.97. The van der Waals surface area contributed by atoms with Crippen molar-refractivity contribution in [1.29, 1.82) is 0 Å². The molecule has 0 aromatic heterocycles. The molecular weight excluding hydrogens is 138 g/mol. The van der Waals surface area contributed by atoms with E-state index in [0.29, 0.717) is 19.0 Å². The first-order chi connectivity index (χ1) is 4.31. The average Bonchev–Trinajstić information content (AvgIpc) is 1.89. The van der Waals surface area contributed by atoms with Crippen LogP contribution >= 0.6 is 12.6 Å². The van der Waals surface area contributed by atoms with Gasteiger partial charge in [-0.15, -0.1) is 0 Å². The van der Waals surface area contributed by atoms with E-state index in [0.717, 1.165) is 0 Å². The summed E-state index contributed by atoms with van der Waals surface area (Å²) in [7, 11) is 1.60. The number of hydrogen-bond acceptors (Lipinski definition) is 3. The summed E-state index contributed by atoms with van der Waals surface area (Å²) in [5.74, 6) is 0.369. The van der Waals surface area contributed by atoms with Crippen molar-refractivity contribution >= 4 is 18.5 Å². The SMILES string of the molecule is CNC(=O)CCOCS. The molecule has 1 amide bonds. The molecular formula is C5H11NO2S. The van der Waals surface area contributed by atoms with Crippen LogP contribution in [-0.4, -0.2) is 25.5 Å². The molecule has 0 aliphatic heterocycles. The third kappa shape index (κ3) is 5.65. The summed E-state index contributed by atoms with van der Waals surface area (Å²) in [6.07, 6.45) is 0.414. The molecule has 0 saturated carbocycles. The van der Waals surface area contributed by atoms with Crippen molar-refractivity contribution in [1.82, 2.24) is 5.32 Å². The Morgan fingerprint density at radius 2 is 2.44 bits per heavy atom. The van der Waals surface area contributed by atoms with Gasteiger partial charge in [-0.3, -0.25) is 4.79 Å². The van der Waals surface area contributed by atoms with Crippen molar-refractivity contribution < 1.29 is 9.53 Å². The van der Waals surface area contributed by atoms with Crippen LogP contribution in [0.15, 0.2) is 0 Å². The maximum atomic E-state index is 10.5. The summed E-state index contributed by atoms with van der Waals surface area (Å²) in [5, 5.41) is 2.48. The second-order valence-corrected chi connectivity index (χ2v) is 1.72. The highest BCUT2D eigenvalue weighted by Crippen LogP contribution is 1.83. The highest BCUT2D eigenvalue weighted by Gasteiger charge is 1.94. The molecule has 0 aliphatic rings. The molecule has 0 unspecified atom stereocenters. The second-order valence-electron chi connectivity index (χ2n) is 1.46. The third-order valence-electron chi connectivity index (χ3n) is 0.844. The first kappa shape index (κ1) is 8.78. The van der Waals surface area contributed by atoms with Crippen molar-refractivity contribution in [3.05, 3.63) is 0 Å². The minimum absolute atomic E-state index is 0.00298. The van der Waals surface area contributed by atoms with Crippen molar-refractivity contribution in [3.63, 3.8) is 0 Å². The molecule has 3 nitrogen and oxygen atoms in total. The Hall–Kier alpha value is -0.220. The Morgan fingerprint density at radius 1 is 1.78 bits per heavy atom. The van der Waals surface area contributed by atoms with Crippen molar-refractivity contribution in [2.75, 3.05) is 19.6 Å². The maximum absolute atomic E-state index is 10.5. The predicted molar refractivity (Wildman–Crippen MR) is 38.5 cm³/mol. The zero-order valence-corrected chi connectivity index (χ0v) is 6.28. The van der Waals surface area contributed by atoms with E-state index in [2.05, 4.69) is 17.9 Å². The topological polar surface area (TPSA) is 38.3 Å². The van der Waals surface area contributed by atoms with E-state index in [9.17, 15) is 4.79 Å². The highest BCUT2D eigenvalue weighted by molar-refractivity contribution is 7.80. The predicted octanol–water partition coefficient (Wildman–Crippen LogP) is 0.0264. The average molecular weight is 149 g/mol. The van der Waals surface area contributed by atoms with E-state index >= 15 is 0 Å². The monoisotopic (exact) mass is 149 g/mol. The molecule has 0 saturated heterocycles. The van der Waals surface area contributed by atoms with Crippen LogP contribution in [0.4, 0.5) is 0 Å². The molecule has 0 radical (unpaired) electrons. The Bertz CT molecular complexity index is 87.0. The van der Waals surface area contributed by atoms with Gasteiger partial charge in [0, 0.05) is 13.5 Å². The lowest BCUT2D eigenvalue weighted by Crippen LogP contribution is -2.19. The number of hydrogen-bond donors (Lipinski definition) is 2. The van der Waals surface area contributed by atoms with Crippen LogP contribution in [0, 0.1) is 0 Å². The molecule has 1 N–H and O–H groups in total. The van der Waals surface area contributed by atoms with Gasteiger partial charge in [-0.25, -0.2) is 0 Å². The molecule has 4 heteroatoms.